The average Bonchev–Trinajstić information content (AvgIpc) is 3.76. The van der Waals surface area contributed by atoms with Gasteiger partial charge in [0.1, 0.15) is 6.04 Å². The van der Waals surface area contributed by atoms with E-state index in [2.05, 4.69) is 68.2 Å². The van der Waals surface area contributed by atoms with Gasteiger partial charge in [0.25, 0.3) is 0 Å². The fourth-order valence-corrected chi connectivity index (χ4v) is 7.88. The topological polar surface area (TPSA) is 63.2 Å². The first-order chi connectivity index (χ1) is 27.2. The van der Waals surface area contributed by atoms with E-state index in [0.717, 1.165) is 56.1 Å². The first-order valence-corrected chi connectivity index (χ1v) is 19.9. The van der Waals surface area contributed by atoms with Crippen LogP contribution in [0, 0.1) is 0 Å². The molecule has 56 heavy (non-hydrogen) atoms. The van der Waals surface area contributed by atoms with Crippen molar-refractivity contribution in [2.45, 2.75) is 31.7 Å². The summed E-state index contributed by atoms with van der Waals surface area (Å²) in [6.07, 6.45) is -1.38. The van der Waals surface area contributed by atoms with Crippen LogP contribution in [0.5, 0.6) is 0 Å². The second kappa shape index (κ2) is 18.0. The third kappa shape index (κ3) is 10.0. The zero-order valence-corrected chi connectivity index (χ0v) is 31.9. The summed E-state index contributed by atoms with van der Waals surface area (Å²) in [5.74, 6) is -0.566. The highest BCUT2D eigenvalue weighted by atomic mass is 32.1. The molecule has 5 aromatic rings. The molecule has 2 aliphatic rings. The molecule has 2 amide bonds. The molecule has 0 aliphatic carbocycles. The summed E-state index contributed by atoms with van der Waals surface area (Å²) in [6.45, 7) is 6.95. The van der Waals surface area contributed by atoms with Gasteiger partial charge in [-0.2, -0.15) is 13.2 Å². The second-order valence-corrected chi connectivity index (χ2v) is 14.9. The highest BCUT2D eigenvalue weighted by Crippen LogP contribution is 2.29. The van der Waals surface area contributed by atoms with Crippen molar-refractivity contribution in [3.63, 3.8) is 0 Å². The number of anilines is 2. The molecule has 0 unspecified atom stereocenters. The predicted molar refractivity (Wildman–Crippen MR) is 216 cm³/mol. The number of alkyl halides is 3. The minimum atomic E-state index is -4.46. The first-order valence-electron chi connectivity index (χ1n) is 18.9. The maximum Gasteiger partial charge on any atom is 0.416 e. The molecule has 0 spiro atoms. The standard InChI is InChI=1S/C44H45F3N6O2S/c45-44(46,47)37-16-11-34(12-17-37)15-20-42(54)53(31-36-13-18-40(19-14-36)51-27-25-50(26-28-51)39-9-5-2-6-10-39)41(29-38-32-56-33-48-38)43(55)52-23-21-49(22-24-52)30-35-7-3-1-4-8-35/h1-20,32-33,41H,21-31H2/b20-15+/t41-/m0/s1. The van der Waals surface area contributed by atoms with Crippen molar-refractivity contribution in [3.8, 4) is 0 Å². The Morgan fingerprint density at radius 1 is 0.732 bits per heavy atom. The summed E-state index contributed by atoms with van der Waals surface area (Å²) in [5, 5.41) is 1.89. The van der Waals surface area contributed by atoms with Gasteiger partial charge in [0.2, 0.25) is 11.8 Å². The van der Waals surface area contributed by atoms with E-state index in [0.29, 0.717) is 37.4 Å². The normalized spacial score (nSPS) is 15.9. The average molecular weight is 779 g/mol. The number of nitrogens with zero attached hydrogens (tertiary/aromatic N) is 6. The number of halogens is 3. The van der Waals surface area contributed by atoms with Gasteiger partial charge in [-0.15, -0.1) is 11.3 Å². The highest BCUT2D eigenvalue weighted by molar-refractivity contribution is 7.07. The van der Waals surface area contributed by atoms with Gasteiger partial charge in [-0.05, 0) is 59.2 Å². The molecule has 2 aliphatic heterocycles. The lowest BCUT2D eigenvalue weighted by molar-refractivity contribution is -0.145. The minimum absolute atomic E-state index is 0.151. The number of carbonyl (C=O) groups is 2. The van der Waals surface area contributed by atoms with Crippen molar-refractivity contribution in [3.05, 3.63) is 154 Å². The molecule has 0 saturated carbocycles. The second-order valence-electron chi connectivity index (χ2n) is 14.2. The molecule has 4 aromatic carbocycles. The fraction of sp³-hybridized carbons (Fsp3) is 0.295. The molecule has 8 nitrogen and oxygen atoms in total. The zero-order valence-electron chi connectivity index (χ0n) is 31.1. The van der Waals surface area contributed by atoms with Gasteiger partial charge in [-0.3, -0.25) is 14.5 Å². The quantitative estimate of drug-likeness (QED) is 0.123. The lowest BCUT2D eigenvalue weighted by Crippen LogP contribution is -2.56. The van der Waals surface area contributed by atoms with E-state index in [1.165, 1.54) is 46.9 Å². The van der Waals surface area contributed by atoms with E-state index in [4.69, 9.17) is 0 Å². The van der Waals surface area contributed by atoms with Crippen LogP contribution in [0.15, 0.2) is 126 Å². The maximum atomic E-state index is 14.6. The Morgan fingerprint density at radius 3 is 1.93 bits per heavy atom. The third-order valence-corrected chi connectivity index (χ3v) is 11.1. The van der Waals surface area contributed by atoms with Crippen LogP contribution in [-0.4, -0.2) is 89.9 Å². The molecular formula is C44H45F3N6O2S. The lowest BCUT2D eigenvalue weighted by Gasteiger charge is -2.39. The minimum Gasteiger partial charge on any atom is -0.368 e. The Labute approximate surface area is 330 Å². The molecule has 7 rings (SSSR count). The smallest absolute Gasteiger partial charge is 0.368 e. The van der Waals surface area contributed by atoms with Gasteiger partial charge in [0, 0.05) is 94.7 Å². The number of piperazine rings is 2. The van der Waals surface area contributed by atoms with Gasteiger partial charge < -0.3 is 19.6 Å². The van der Waals surface area contributed by atoms with Crippen molar-refractivity contribution in [2.75, 3.05) is 62.2 Å². The molecule has 1 atom stereocenters. The first kappa shape index (κ1) is 38.8. The van der Waals surface area contributed by atoms with Crippen LogP contribution in [0.4, 0.5) is 24.5 Å². The number of carbonyl (C=O) groups excluding carboxylic acids is 2. The largest absolute Gasteiger partial charge is 0.416 e. The van der Waals surface area contributed by atoms with E-state index in [1.54, 1.807) is 10.4 Å². The van der Waals surface area contributed by atoms with Gasteiger partial charge in [-0.1, -0.05) is 72.8 Å². The summed E-state index contributed by atoms with van der Waals surface area (Å²) in [4.78, 5) is 43.8. The van der Waals surface area contributed by atoms with Crippen LogP contribution in [0.1, 0.15) is 27.9 Å². The van der Waals surface area contributed by atoms with Gasteiger partial charge in [-0.25, -0.2) is 4.98 Å². The van der Waals surface area contributed by atoms with Crippen LogP contribution in [0.2, 0.25) is 0 Å². The van der Waals surface area contributed by atoms with Crippen LogP contribution in [0.3, 0.4) is 0 Å². The molecule has 0 radical (unpaired) electrons. The number of thiazole rings is 1. The van der Waals surface area contributed by atoms with E-state index in [-0.39, 0.29) is 18.9 Å². The zero-order chi connectivity index (χ0) is 38.9. The Kier molecular flexibility index (Phi) is 12.5. The fourth-order valence-electron chi connectivity index (χ4n) is 7.30. The van der Waals surface area contributed by atoms with E-state index in [9.17, 15) is 22.8 Å². The number of para-hydroxylation sites is 1. The predicted octanol–water partition coefficient (Wildman–Crippen LogP) is 7.49. The Hall–Kier alpha value is -5.46. The summed E-state index contributed by atoms with van der Waals surface area (Å²) in [6, 6.07) is 32.6. The number of benzene rings is 4. The van der Waals surface area contributed by atoms with Gasteiger partial charge in [0.15, 0.2) is 0 Å². The van der Waals surface area contributed by atoms with Crippen molar-refractivity contribution >= 4 is 40.6 Å². The highest BCUT2D eigenvalue weighted by Gasteiger charge is 2.35. The summed E-state index contributed by atoms with van der Waals surface area (Å²) in [5.41, 5.74) is 6.49. The molecule has 0 bridgehead atoms. The Bertz CT molecular complexity index is 2030. The van der Waals surface area contributed by atoms with Crippen LogP contribution >= 0.6 is 11.3 Å². The van der Waals surface area contributed by atoms with Crippen molar-refractivity contribution in [1.82, 2.24) is 19.7 Å². The monoisotopic (exact) mass is 778 g/mol. The molecule has 3 heterocycles. The molecule has 290 valence electrons. The van der Waals surface area contributed by atoms with Crippen LogP contribution in [0.25, 0.3) is 6.08 Å². The number of amides is 2. The van der Waals surface area contributed by atoms with Crippen LogP contribution in [-0.2, 0) is 35.3 Å². The molecule has 0 N–H and O–H groups in total. The van der Waals surface area contributed by atoms with Crippen molar-refractivity contribution in [1.29, 1.82) is 0 Å². The van der Waals surface area contributed by atoms with Gasteiger partial charge in [0.05, 0.1) is 16.8 Å². The Morgan fingerprint density at radius 2 is 1.34 bits per heavy atom. The van der Waals surface area contributed by atoms with E-state index >= 15 is 0 Å². The third-order valence-electron chi connectivity index (χ3n) is 10.5. The van der Waals surface area contributed by atoms with Gasteiger partial charge >= 0.3 is 6.18 Å². The summed E-state index contributed by atoms with van der Waals surface area (Å²) in [7, 11) is 0. The molecule has 12 heteroatoms. The SMILES string of the molecule is O=C([C@H](Cc1cscn1)N(Cc1ccc(N2CCN(c3ccccc3)CC2)cc1)C(=O)/C=C/c1ccc(C(F)(F)F)cc1)N1CCN(Cc2ccccc2)CC1. The van der Waals surface area contributed by atoms with Crippen LogP contribution < -0.4 is 9.80 Å². The van der Waals surface area contributed by atoms with E-state index in [1.807, 2.05) is 46.7 Å². The van der Waals surface area contributed by atoms with Crippen molar-refractivity contribution < 1.29 is 22.8 Å². The summed E-state index contributed by atoms with van der Waals surface area (Å²) < 4.78 is 39.7. The Balaban J connectivity index is 1.10. The summed E-state index contributed by atoms with van der Waals surface area (Å²) >= 11 is 1.43. The molecule has 2 fully saturated rings. The number of hydrogen-bond acceptors (Lipinski definition) is 7. The lowest BCUT2D eigenvalue weighted by atomic mass is 10.0. The van der Waals surface area contributed by atoms with E-state index < -0.39 is 23.7 Å². The maximum absolute atomic E-state index is 14.6. The molecule has 2 saturated heterocycles. The number of aromatic nitrogens is 1. The molecular weight excluding hydrogens is 734 g/mol. The van der Waals surface area contributed by atoms with Crippen molar-refractivity contribution in [2.24, 2.45) is 0 Å². The number of hydrogen-bond donors (Lipinski definition) is 0. The number of rotatable bonds is 12. The molecule has 1 aromatic heterocycles.